The second-order valence-corrected chi connectivity index (χ2v) is 5.05. The fraction of sp³-hybridized carbons (Fsp3) is 0.429. The summed E-state index contributed by atoms with van der Waals surface area (Å²) < 4.78 is 37.6. The normalized spacial score (nSPS) is 23.2. The molecule has 2 atom stereocenters. The van der Waals surface area contributed by atoms with Crippen LogP contribution in [-0.2, 0) is 15.8 Å². The van der Waals surface area contributed by atoms with Gasteiger partial charge in [0.25, 0.3) is 0 Å². The Kier molecular flexibility index (Phi) is 3.93. The van der Waals surface area contributed by atoms with Gasteiger partial charge in [-0.15, -0.1) is 0 Å². The summed E-state index contributed by atoms with van der Waals surface area (Å²) in [4.78, 5) is 24.3. The van der Waals surface area contributed by atoms with Crippen LogP contribution in [0.25, 0.3) is 0 Å². The van der Waals surface area contributed by atoms with Crippen molar-refractivity contribution in [1.29, 1.82) is 0 Å². The van der Waals surface area contributed by atoms with Gasteiger partial charge in [0.2, 0.25) is 5.91 Å². The predicted octanol–water partition coefficient (Wildman–Crippen LogP) is 2.70. The molecule has 1 aromatic rings. The van der Waals surface area contributed by atoms with Crippen LogP contribution in [0, 0.1) is 5.92 Å². The fourth-order valence-electron chi connectivity index (χ4n) is 2.62. The first-order chi connectivity index (χ1) is 9.71. The van der Waals surface area contributed by atoms with E-state index in [1.54, 1.807) is 0 Å². The van der Waals surface area contributed by atoms with Crippen molar-refractivity contribution in [3.8, 4) is 0 Å². The first-order valence-corrected chi connectivity index (χ1v) is 6.37. The van der Waals surface area contributed by atoms with Crippen LogP contribution in [0.2, 0.25) is 0 Å². The lowest BCUT2D eigenvalue weighted by atomic mass is 9.84. The maximum atomic E-state index is 12.5. The summed E-state index contributed by atoms with van der Waals surface area (Å²) in [5.41, 5.74) is -0.408. The topological polar surface area (TPSA) is 57.6 Å². The highest BCUT2D eigenvalue weighted by molar-refractivity contribution is 5.81. The van der Waals surface area contributed by atoms with E-state index in [2.05, 4.69) is 0 Å². The van der Waals surface area contributed by atoms with Gasteiger partial charge in [-0.3, -0.25) is 9.59 Å². The first-order valence-electron chi connectivity index (χ1n) is 6.37. The van der Waals surface area contributed by atoms with Gasteiger partial charge in [-0.05, 0) is 24.1 Å². The quantitative estimate of drug-likeness (QED) is 0.913. The molecule has 1 fully saturated rings. The molecular formula is C14H14F3NO3. The number of carbonyl (C=O) groups is 2. The van der Waals surface area contributed by atoms with E-state index in [9.17, 15) is 27.9 Å². The molecule has 0 aliphatic carbocycles. The largest absolute Gasteiger partial charge is 0.481 e. The molecule has 1 aliphatic rings. The minimum absolute atomic E-state index is 0.130. The molecule has 1 heterocycles. The van der Waals surface area contributed by atoms with Crippen molar-refractivity contribution in [2.24, 2.45) is 5.92 Å². The number of halogens is 3. The Balaban J connectivity index is 2.36. The number of aliphatic carboxylic acids is 1. The average Bonchev–Trinajstić information content (AvgIpc) is 2.40. The number of piperidine rings is 1. The summed E-state index contributed by atoms with van der Waals surface area (Å²) >= 11 is 0. The van der Waals surface area contributed by atoms with E-state index >= 15 is 0 Å². The molecule has 0 unspecified atom stereocenters. The lowest BCUT2D eigenvalue weighted by Crippen LogP contribution is -2.43. The summed E-state index contributed by atoms with van der Waals surface area (Å²) in [6.07, 6.45) is -4.13. The van der Waals surface area contributed by atoms with Crippen LogP contribution in [0.5, 0.6) is 0 Å². The van der Waals surface area contributed by atoms with Crippen molar-refractivity contribution in [3.63, 3.8) is 0 Å². The van der Waals surface area contributed by atoms with Crippen LogP contribution in [0.15, 0.2) is 24.3 Å². The molecule has 1 amide bonds. The second kappa shape index (κ2) is 5.38. The van der Waals surface area contributed by atoms with Crippen LogP contribution in [0.3, 0.4) is 0 Å². The van der Waals surface area contributed by atoms with Gasteiger partial charge in [0.1, 0.15) is 0 Å². The maximum Gasteiger partial charge on any atom is 0.416 e. The SMILES string of the molecule is CN1C(=O)CC[C@H](C(=O)O)[C@@H]1c1ccc(C(F)(F)F)cc1. The molecule has 114 valence electrons. The number of carboxylic acid groups (broad SMARTS) is 1. The molecule has 1 aliphatic heterocycles. The molecule has 21 heavy (non-hydrogen) atoms. The van der Waals surface area contributed by atoms with Gasteiger partial charge in [0.05, 0.1) is 17.5 Å². The van der Waals surface area contributed by atoms with E-state index in [-0.39, 0.29) is 18.7 Å². The smallest absolute Gasteiger partial charge is 0.416 e. The van der Waals surface area contributed by atoms with E-state index in [0.717, 1.165) is 12.1 Å². The van der Waals surface area contributed by atoms with Gasteiger partial charge >= 0.3 is 12.1 Å². The number of likely N-dealkylation sites (tertiary alicyclic amines) is 1. The molecule has 0 saturated carbocycles. The monoisotopic (exact) mass is 301 g/mol. The summed E-state index contributed by atoms with van der Waals surface area (Å²) in [6.45, 7) is 0. The van der Waals surface area contributed by atoms with Gasteiger partial charge in [0.15, 0.2) is 0 Å². The van der Waals surface area contributed by atoms with Gasteiger partial charge in [-0.2, -0.15) is 13.2 Å². The fourth-order valence-corrected chi connectivity index (χ4v) is 2.62. The van der Waals surface area contributed by atoms with Gasteiger partial charge < -0.3 is 10.0 Å². The number of carboxylic acids is 1. The number of carbonyl (C=O) groups excluding carboxylic acids is 1. The van der Waals surface area contributed by atoms with Crippen molar-refractivity contribution in [3.05, 3.63) is 35.4 Å². The minimum atomic E-state index is -4.45. The zero-order valence-electron chi connectivity index (χ0n) is 11.2. The Morgan fingerprint density at radius 3 is 2.33 bits per heavy atom. The lowest BCUT2D eigenvalue weighted by molar-refractivity contribution is -0.151. The molecule has 1 aromatic carbocycles. The Bertz CT molecular complexity index is 554. The van der Waals surface area contributed by atoms with E-state index in [0.29, 0.717) is 5.56 Å². The predicted molar refractivity (Wildman–Crippen MR) is 67.3 cm³/mol. The van der Waals surface area contributed by atoms with Gasteiger partial charge in [-0.1, -0.05) is 12.1 Å². The number of hydrogen-bond acceptors (Lipinski definition) is 2. The molecule has 7 heteroatoms. The summed E-state index contributed by atoms with van der Waals surface area (Å²) in [6, 6.07) is 3.53. The van der Waals surface area contributed by atoms with Crippen molar-refractivity contribution >= 4 is 11.9 Å². The standard InChI is InChI=1S/C14H14F3NO3/c1-18-11(19)7-6-10(13(20)21)12(18)8-2-4-9(5-3-8)14(15,16)17/h2-5,10,12H,6-7H2,1H3,(H,20,21)/t10-,12-/m0/s1. The molecule has 1 saturated heterocycles. The van der Waals surface area contributed by atoms with Gasteiger partial charge in [0, 0.05) is 13.5 Å². The van der Waals surface area contributed by atoms with E-state index in [1.165, 1.54) is 24.1 Å². The molecule has 2 rings (SSSR count). The summed E-state index contributed by atoms with van der Waals surface area (Å²) in [7, 11) is 1.47. The zero-order valence-corrected chi connectivity index (χ0v) is 11.2. The number of alkyl halides is 3. The average molecular weight is 301 g/mol. The molecule has 0 aromatic heterocycles. The molecule has 1 N–H and O–H groups in total. The van der Waals surface area contributed by atoms with Crippen molar-refractivity contribution < 1.29 is 27.9 Å². The second-order valence-electron chi connectivity index (χ2n) is 5.05. The molecule has 4 nitrogen and oxygen atoms in total. The Hall–Kier alpha value is -2.05. The first kappa shape index (κ1) is 15.3. The highest BCUT2D eigenvalue weighted by atomic mass is 19.4. The summed E-state index contributed by atoms with van der Waals surface area (Å²) in [5.74, 6) is -2.08. The lowest BCUT2D eigenvalue weighted by Gasteiger charge is -2.37. The zero-order chi connectivity index (χ0) is 15.8. The van der Waals surface area contributed by atoms with Crippen LogP contribution in [-0.4, -0.2) is 28.9 Å². The van der Waals surface area contributed by atoms with Crippen LogP contribution < -0.4 is 0 Å². The maximum absolute atomic E-state index is 12.5. The third kappa shape index (κ3) is 3.01. The molecule has 0 spiro atoms. The van der Waals surface area contributed by atoms with Gasteiger partial charge in [-0.25, -0.2) is 0 Å². The van der Waals surface area contributed by atoms with Crippen LogP contribution >= 0.6 is 0 Å². The minimum Gasteiger partial charge on any atom is -0.481 e. The summed E-state index contributed by atoms with van der Waals surface area (Å²) in [5, 5.41) is 9.24. The van der Waals surface area contributed by atoms with Crippen molar-refractivity contribution in [1.82, 2.24) is 4.90 Å². The number of nitrogens with zero attached hydrogens (tertiary/aromatic N) is 1. The molecule has 0 radical (unpaired) electrons. The third-order valence-electron chi connectivity index (χ3n) is 3.76. The van der Waals surface area contributed by atoms with Crippen molar-refractivity contribution in [2.45, 2.75) is 25.1 Å². The third-order valence-corrected chi connectivity index (χ3v) is 3.76. The number of amides is 1. The van der Waals surface area contributed by atoms with Crippen LogP contribution in [0.1, 0.15) is 30.0 Å². The van der Waals surface area contributed by atoms with E-state index in [4.69, 9.17) is 0 Å². The highest BCUT2D eigenvalue weighted by Gasteiger charge is 2.39. The Labute approximate surface area is 119 Å². The highest BCUT2D eigenvalue weighted by Crippen LogP contribution is 2.37. The number of rotatable bonds is 2. The number of hydrogen-bond donors (Lipinski definition) is 1. The molecule has 0 bridgehead atoms. The molecular weight excluding hydrogens is 287 g/mol. The van der Waals surface area contributed by atoms with E-state index < -0.39 is 29.7 Å². The van der Waals surface area contributed by atoms with Crippen LogP contribution in [0.4, 0.5) is 13.2 Å². The van der Waals surface area contributed by atoms with Crippen molar-refractivity contribution in [2.75, 3.05) is 7.05 Å². The Morgan fingerprint density at radius 2 is 1.86 bits per heavy atom. The number of benzene rings is 1. The Morgan fingerprint density at radius 1 is 1.29 bits per heavy atom. The van der Waals surface area contributed by atoms with E-state index in [1.807, 2.05) is 0 Å².